The van der Waals surface area contributed by atoms with Crippen LogP contribution in [0, 0.1) is 0 Å². The molecule has 6 aromatic carbocycles. The van der Waals surface area contributed by atoms with Gasteiger partial charge < -0.3 is 25.7 Å². The summed E-state index contributed by atoms with van der Waals surface area (Å²) in [5.41, 5.74) is 17.3. The lowest BCUT2D eigenvalue weighted by atomic mass is 9.91. The zero-order valence-corrected chi connectivity index (χ0v) is 22.2. The fourth-order valence-electron chi connectivity index (χ4n) is 4.69. The molecule has 0 aliphatic heterocycles. The van der Waals surface area contributed by atoms with E-state index < -0.39 is 0 Å². The summed E-state index contributed by atoms with van der Waals surface area (Å²) in [5, 5.41) is 0. The normalized spacial score (nSPS) is 10.6. The molecule has 0 saturated heterocycles. The molecule has 6 aromatic rings. The van der Waals surface area contributed by atoms with Crippen LogP contribution < -0.4 is 25.7 Å². The van der Waals surface area contributed by atoms with Crippen molar-refractivity contribution in [3.8, 4) is 56.8 Å². The highest BCUT2D eigenvalue weighted by Crippen LogP contribution is 2.50. The molecule has 0 unspecified atom stereocenters. The van der Waals surface area contributed by atoms with Gasteiger partial charge in [-0.2, -0.15) is 0 Å². The quantitative estimate of drug-likeness (QED) is 0.189. The summed E-state index contributed by atoms with van der Waals surface area (Å²) in [4.78, 5) is 0. The smallest absolute Gasteiger partial charge is 0.158 e. The Balaban J connectivity index is 1.58. The highest BCUT2D eigenvalue weighted by molar-refractivity contribution is 5.95. The van der Waals surface area contributed by atoms with Gasteiger partial charge in [0.05, 0.1) is 11.4 Å². The van der Waals surface area contributed by atoms with E-state index in [1.807, 2.05) is 146 Å². The second-order valence-corrected chi connectivity index (χ2v) is 9.37. The van der Waals surface area contributed by atoms with Gasteiger partial charge >= 0.3 is 0 Å². The van der Waals surface area contributed by atoms with Crippen molar-refractivity contribution in [2.24, 2.45) is 0 Å². The first-order valence-electron chi connectivity index (χ1n) is 13.3. The van der Waals surface area contributed by atoms with Gasteiger partial charge in [0.1, 0.15) is 23.0 Å². The van der Waals surface area contributed by atoms with Gasteiger partial charge in [-0.05, 0) is 60.2 Å². The van der Waals surface area contributed by atoms with Crippen LogP contribution in [0.2, 0.25) is 0 Å². The third kappa shape index (κ3) is 5.56. The van der Waals surface area contributed by atoms with Crippen LogP contribution in [0.3, 0.4) is 0 Å². The molecule has 0 heterocycles. The molecule has 5 nitrogen and oxygen atoms in total. The Hall–Kier alpha value is -5.68. The van der Waals surface area contributed by atoms with E-state index in [1.165, 1.54) is 0 Å². The lowest BCUT2D eigenvalue weighted by Crippen LogP contribution is -1.99. The van der Waals surface area contributed by atoms with E-state index in [0.29, 0.717) is 45.9 Å². The van der Waals surface area contributed by atoms with Gasteiger partial charge in [-0.3, -0.25) is 0 Å². The lowest BCUT2D eigenvalue weighted by molar-refractivity contribution is 0.478. The summed E-state index contributed by atoms with van der Waals surface area (Å²) in [5.74, 6) is 3.76. The van der Waals surface area contributed by atoms with Crippen LogP contribution in [-0.2, 0) is 0 Å². The molecular weight excluding hydrogens is 508 g/mol. The maximum atomic E-state index is 6.54. The highest BCUT2D eigenvalue weighted by Gasteiger charge is 2.23. The van der Waals surface area contributed by atoms with Crippen LogP contribution in [0.25, 0.3) is 22.3 Å². The van der Waals surface area contributed by atoms with Crippen LogP contribution >= 0.6 is 0 Å². The third-order valence-electron chi connectivity index (χ3n) is 6.57. The average molecular weight is 537 g/mol. The minimum absolute atomic E-state index is 0.500. The summed E-state index contributed by atoms with van der Waals surface area (Å²) < 4.78 is 19.3. The second kappa shape index (κ2) is 11.6. The van der Waals surface area contributed by atoms with E-state index in [-0.39, 0.29) is 0 Å². The molecule has 0 bridgehead atoms. The summed E-state index contributed by atoms with van der Waals surface area (Å²) >= 11 is 0. The van der Waals surface area contributed by atoms with Crippen molar-refractivity contribution in [3.63, 3.8) is 0 Å². The molecule has 0 atom stereocenters. The minimum atomic E-state index is 0.500. The summed E-state index contributed by atoms with van der Waals surface area (Å²) in [7, 11) is 0. The van der Waals surface area contributed by atoms with Crippen molar-refractivity contribution in [1.82, 2.24) is 0 Å². The topological polar surface area (TPSA) is 79.7 Å². The molecule has 41 heavy (non-hydrogen) atoms. The number of rotatable bonds is 8. The van der Waals surface area contributed by atoms with Crippen LogP contribution in [-0.4, -0.2) is 0 Å². The van der Waals surface area contributed by atoms with Crippen molar-refractivity contribution in [2.75, 3.05) is 11.5 Å². The summed E-state index contributed by atoms with van der Waals surface area (Å²) in [6, 6.07) is 46.2. The highest BCUT2D eigenvalue weighted by atomic mass is 16.5. The monoisotopic (exact) mass is 536 g/mol. The average Bonchev–Trinajstić information content (AvgIpc) is 3.01. The number of nitrogen functional groups attached to an aromatic ring is 2. The van der Waals surface area contributed by atoms with Gasteiger partial charge in [-0.1, -0.05) is 91.0 Å². The van der Waals surface area contributed by atoms with Crippen LogP contribution in [0.1, 0.15) is 0 Å². The molecule has 0 aliphatic carbocycles. The SMILES string of the molecule is Nc1cccc(-c2cccc(Oc3ccccc3)c2-c2cccc(N)c2Oc2ccccc2)c1Oc1ccccc1. The van der Waals surface area contributed by atoms with Gasteiger partial charge in [0.25, 0.3) is 0 Å². The zero-order valence-electron chi connectivity index (χ0n) is 22.2. The molecule has 0 aliphatic rings. The Kier molecular flexibility index (Phi) is 7.24. The molecule has 200 valence electrons. The maximum Gasteiger partial charge on any atom is 0.158 e. The lowest BCUT2D eigenvalue weighted by Gasteiger charge is -2.21. The molecule has 0 amide bonds. The fourth-order valence-corrected chi connectivity index (χ4v) is 4.69. The Labute approximate surface area is 239 Å². The molecule has 0 saturated carbocycles. The van der Waals surface area contributed by atoms with E-state index >= 15 is 0 Å². The Morgan fingerprint density at radius 3 is 1.29 bits per heavy atom. The predicted molar refractivity (Wildman–Crippen MR) is 166 cm³/mol. The van der Waals surface area contributed by atoms with Crippen molar-refractivity contribution >= 4 is 11.4 Å². The number of nitrogens with two attached hydrogens (primary N) is 2. The molecule has 0 fully saturated rings. The van der Waals surface area contributed by atoms with Crippen LogP contribution in [0.4, 0.5) is 11.4 Å². The molecular formula is C36H28N2O3. The first-order chi connectivity index (χ1) is 20.2. The Bertz CT molecular complexity index is 1770. The number of hydrogen-bond donors (Lipinski definition) is 2. The van der Waals surface area contributed by atoms with E-state index in [0.717, 1.165) is 22.3 Å². The fraction of sp³-hybridized carbons (Fsp3) is 0. The van der Waals surface area contributed by atoms with E-state index in [4.69, 9.17) is 25.7 Å². The van der Waals surface area contributed by atoms with Gasteiger partial charge in [0, 0.05) is 16.7 Å². The van der Waals surface area contributed by atoms with Gasteiger partial charge in [-0.25, -0.2) is 0 Å². The van der Waals surface area contributed by atoms with Gasteiger partial charge in [-0.15, -0.1) is 0 Å². The van der Waals surface area contributed by atoms with Crippen LogP contribution in [0.15, 0.2) is 146 Å². The van der Waals surface area contributed by atoms with E-state index in [2.05, 4.69) is 0 Å². The van der Waals surface area contributed by atoms with E-state index in [9.17, 15) is 0 Å². The number of hydrogen-bond acceptors (Lipinski definition) is 5. The molecule has 5 heteroatoms. The minimum Gasteiger partial charge on any atom is -0.457 e. The van der Waals surface area contributed by atoms with E-state index in [1.54, 1.807) is 0 Å². The van der Waals surface area contributed by atoms with Crippen molar-refractivity contribution in [2.45, 2.75) is 0 Å². The molecule has 4 N–H and O–H groups in total. The van der Waals surface area contributed by atoms with Gasteiger partial charge in [0.15, 0.2) is 11.5 Å². The zero-order chi connectivity index (χ0) is 28.0. The third-order valence-corrected chi connectivity index (χ3v) is 6.57. The molecule has 0 spiro atoms. The second-order valence-electron chi connectivity index (χ2n) is 9.37. The van der Waals surface area contributed by atoms with Crippen molar-refractivity contribution < 1.29 is 14.2 Å². The van der Waals surface area contributed by atoms with Crippen LogP contribution in [0.5, 0.6) is 34.5 Å². The number of para-hydroxylation sites is 5. The summed E-state index contributed by atoms with van der Waals surface area (Å²) in [6.07, 6.45) is 0. The first kappa shape index (κ1) is 25.6. The Morgan fingerprint density at radius 1 is 0.341 bits per heavy atom. The standard InChI is InChI=1S/C36H28N2O3/c37-31-22-10-20-29(35(31)40-26-15-6-2-7-16-26)28-19-12-24-33(39-25-13-4-1-5-14-25)34(28)30-21-11-23-32(38)36(30)41-27-17-8-3-9-18-27/h1-24H,37-38H2. The molecule has 0 aromatic heterocycles. The number of anilines is 2. The van der Waals surface area contributed by atoms with Gasteiger partial charge in [0.2, 0.25) is 0 Å². The molecule has 0 radical (unpaired) electrons. The maximum absolute atomic E-state index is 6.54. The predicted octanol–water partition coefficient (Wildman–Crippen LogP) is 9.56. The van der Waals surface area contributed by atoms with Crippen molar-refractivity contribution in [1.29, 1.82) is 0 Å². The Morgan fingerprint density at radius 2 is 0.756 bits per heavy atom. The molecule has 6 rings (SSSR count). The summed E-state index contributed by atoms with van der Waals surface area (Å²) in [6.45, 7) is 0. The van der Waals surface area contributed by atoms with Crippen molar-refractivity contribution in [3.05, 3.63) is 146 Å². The first-order valence-corrected chi connectivity index (χ1v) is 13.3. The number of benzene rings is 6. The number of ether oxygens (including phenoxy) is 3. The largest absolute Gasteiger partial charge is 0.457 e.